The van der Waals surface area contributed by atoms with Crippen molar-refractivity contribution >= 4 is 28.9 Å². The first-order valence-electron chi connectivity index (χ1n) is 9.46. The Morgan fingerprint density at radius 3 is 2.57 bits per heavy atom. The van der Waals surface area contributed by atoms with Crippen LogP contribution in [0.3, 0.4) is 0 Å². The number of nitrogens with one attached hydrogen (secondary N) is 2. The van der Waals surface area contributed by atoms with Crippen molar-refractivity contribution in [3.8, 4) is 17.0 Å². The predicted octanol–water partition coefficient (Wildman–Crippen LogP) is 4.64. The molecule has 0 saturated carbocycles. The van der Waals surface area contributed by atoms with Crippen molar-refractivity contribution in [3.05, 3.63) is 66.5 Å². The molecule has 152 valence electrons. The first-order valence-corrected chi connectivity index (χ1v) is 9.46. The van der Waals surface area contributed by atoms with Crippen LogP contribution in [0.2, 0.25) is 0 Å². The molecule has 8 heteroatoms. The Morgan fingerprint density at radius 1 is 1.10 bits per heavy atom. The molecule has 0 saturated heterocycles. The number of ether oxygens (including phenoxy) is 1. The van der Waals surface area contributed by atoms with Gasteiger partial charge in [-0.25, -0.2) is 8.91 Å². The average Bonchev–Trinajstić information content (AvgIpc) is 3.13. The zero-order valence-electron chi connectivity index (χ0n) is 16.5. The van der Waals surface area contributed by atoms with E-state index in [0.717, 1.165) is 5.69 Å². The second kappa shape index (κ2) is 8.20. The fourth-order valence-corrected chi connectivity index (χ4v) is 3.08. The molecule has 2 aromatic carbocycles. The maximum absolute atomic E-state index is 14.3. The first kappa shape index (κ1) is 19.4. The number of amides is 1. The van der Waals surface area contributed by atoms with Crippen LogP contribution in [0, 0.1) is 5.82 Å². The average molecular weight is 405 g/mol. The fraction of sp³-hybridized carbons (Fsp3) is 0.136. The highest BCUT2D eigenvalue weighted by Crippen LogP contribution is 2.27. The molecule has 7 nitrogen and oxygen atoms in total. The molecule has 0 spiro atoms. The molecule has 0 fully saturated rings. The lowest BCUT2D eigenvalue weighted by Crippen LogP contribution is -2.05. The third kappa shape index (κ3) is 4.07. The number of halogens is 1. The van der Waals surface area contributed by atoms with Crippen molar-refractivity contribution in [3.63, 3.8) is 0 Å². The van der Waals surface area contributed by atoms with Gasteiger partial charge in [-0.3, -0.25) is 4.79 Å². The first-order chi connectivity index (χ1) is 14.5. The number of rotatable bonds is 6. The largest absolute Gasteiger partial charge is 0.491 e. The van der Waals surface area contributed by atoms with E-state index in [-0.39, 0.29) is 11.7 Å². The summed E-state index contributed by atoms with van der Waals surface area (Å²) < 4.78 is 21.2. The maximum atomic E-state index is 14.3. The lowest BCUT2D eigenvalue weighted by atomic mass is 10.1. The number of hydrogen-bond acceptors (Lipinski definition) is 5. The Labute approximate surface area is 172 Å². The highest BCUT2D eigenvalue weighted by Gasteiger charge is 2.12. The monoisotopic (exact) mass is 405 g/mol. The number of nitrogens with zero attached hydrogens (tertiary/aromatic N) is 3. The molecule has 4 aromatic rings. The molecule has 2 heterocycles. The van der Waals surface area contributed by atoms with E-state index in [0.29, 0.717) is 35.1 Å². The summed E-state index contributed by atoms with van der Waals surface area (Å²) in [4.78, 5) is 15.6. The van der Waals surface area contributed by atoms with Gasteiger partial charge in [-0.1, -0.05) is 6.07 Å². The van der Waals surface area contributed by atoms with Crippen LogP contribution in [0.25, 0.3) is 16.9 Å². The zero-order valence-corrected chi connectivity index (χ0v) is 16.5. The van der Waals surface area contributed by atoms with Gasteiger partial charge in [-0.05, 0) is 61.5 Å². The highest BCUT2D eigenvalue weighted by molar-refractivity contribution is 5.88. The third-order valence-electron chi connectivity index (χ3n) is 4.35. The van der Waals surface area contributed by atoms with Crippen molar-refractivity contribution in [1.29, 1.82) is 0 Å². The Bertz CT molecular complexity index is 1200. The van der Waals surface area contributed by atoms with Gasteiger partial charge >= 0.3 is 0 Å². The number of anilines is 3. The van der Waals surface area contributed by atoms with Crippen LogP contribution in [0.5, 0.6) is 5.75 Å². The number of fused-ring (bicyclic) bond motifs is 1. The minimum Gasteiger partial charge on any atom is -0.491 e. The molecule has 0 aliphatic heterocycles. The normalized spacial score (nSPS) is 10.8. The van der Waals surface area contributed by atoms with E-state index in [9.17, 15) is 9.18 Å². The minimum atomic E-state index is -0.427. The van der Waals surface area contributed by atoms with Crippen molar-refractivity contribution in [2.24, 2.45) is 0 Å². The van der Waals surface area contributed by atoms with E-state index in [1.807, 2.05) is 37.3 Å². The predicted molar refractivity (Wildman–Crippen MR) is 114 cm³/mol. The van der Waals surface area contributed by atoms with E-state index < -0.39 is 5.82 Å². The van der Waals surface area contributed by atoms with Crippen LogP contribution in [0.4, 0.5) is 21.7 Å². The maximum Gasteiger partial charge on any atom is 0.247 e. The summed E-state index contributed by atoms with van der Waals surface area (Å²) in [5, 5.41) is 10.4. The quantitative estimate of drug-likeness (QED) is 0.489. The molecule has 0 unspecified atom stereocenters. The van der Waals surface area contributed by atoms with Gasteiger partial charge in [0.2, 0.25) is 11.9 Å². The van der Waals surface area contributed by atoms with Crippen molar-refractivity contribution in [1.82, 2.24) is 14.6 Å². The van der Waals surface area contributed by atoms with Crippen LogP contribution in [-0.2, 0) is 4.79 Å². The van der Waals surface area contributed by atoms with E-state index in [4.69, 9.17) is 4.74 Å². The SMILES string of the molecule is CCOc1ccc(-c2cccc3nc(Nc4ccc(NC(C)=O)cc4)nn23)cc1F. The van der Waals surface area contributed by atoms with E-state index in [1.165, 1.54) is 13.0 Å². The summed E-state index contributed by atoms with van der Waals surface area (Å²) in [6, 6.07) is 17.6. The van der Waals surface area contributed by atoms with Crippen LogP contribution >= 0.6 is 0 Å². The Kier molecular flexibility index (Phi) is 5.30. The summed E-state index contributed by atoms with van der Waals surface area (Å²) in [6.07, 6.45) is 0. The number of carbonyl (C=O) groups is 1. The fourth-order valence-electron chi connectivity index (χ4n) is 3.08. The van der Waals surface area contributed by atoms with Crippen molar-refractivity contribution < 1.29 is 13.9 Å². The topological polar surface area (TPSA) is 80.5 Å². The third-order valence-corrected chi connectivity index (χ3v) is 4.35. The number of hydrogen-bond donors (Lipinski definition) is 2. The molecular formula is C22H20FN5O2. The molecule has 1 amide bonds. The summed E-state index contributed by atoms with van der Waals surface area (Å²) in [7, 11) is 0. The summed E-state index contributed by atoms with van der Waals surface area (Å²) in [6.45, 7) is 3.67. The van der Waals surface area contributed by atoms with Gasteiger partial charge in [-0.15, -0.1) is 5.10 Å². The van der Waals surface area contributed by atoms with E-state index >= 15 is 0 Å². The van der Waals surface area contributed by atoms with Gasteiger partial charge in [0.15, 0.2) is 17.2 Å². The molecule has 0 atom stereocenters. The second-order valence-electron chi connectivity index (χ2n) is 6.58. The summed E-state index contributed by atoms with van der Waals surface area (Å²) in [5.74, 6) is 0.0678. The van der Waals surface area contributed by atoms with Crippen molar-refractivity contribution in [2.75, 3.05) is 17.2 Å². The van der Waals surface area contributed by atoms with Gasteiger partial charge in [0.25, 0.3) is 0 Å². The zero-order chi connectivity index (χ0) is 21.1. The molecule has 0 bridgehead atoms. The summed E-state index contributed by atoms with van der Waals surface area (Å²) >= 11 is 0. The highest BCUT2D eigenvalue weighted by atomic mass is 19.1. The molecule has 4 rings (SSSR count). The molecular weight excluding hydrogens is 385 g/mol. The van der Waals surface area contributed by atoms with E-state index in [2.05, 4.69) is 20.7 Å². The Hall–Kier alpha value is -3.94. The van der Waals surface area contributed by atoms with Crippen LogP contribution in [0.15, 0.2) is 60.7 Å². The number of carbonyl (C=O) groups excluding carboxylic acids is 1. The molecule has 2 N–H and O–H groups in total. The van der Waals surface area contributed by atoms with Crippen LogP contribution in [-0.4, -0.2) is 27.1 Å². The molecule has 30 heavy (non-hydrogen) atoms. The van der Waals surface area contributed by atoms with Crippen molar-refractivity contribution in [2.45, 2.75) is 13.8 Å². The van der Waals surface area contributed by atoms with Gasteiger partial charge in [0.1, 0.15) is 0 Å². The standard InChI is InChI=1S/C22H20FN5O2/c1-3-30-20-12-7-15(13-18(20)23)19-5-4-6-21-26-22(27-28(19)21)25-17-10-8-16(9-11-17)24-14(2)29/h4-13H,3H2,1-2H3,(H,24,29)(H,25,27). The Morgan fingerprint density at radius 2 is 1.87 bits per heavy atom. The minimum absolute atomic E-state index is 0.129. The molecule has 0 aliphatic rings. The van der Waals surface area contributed by atoms with Gasteiger partial charge in [0.05, 0.1) is 12.3 Å². The Balaban J connectivity index is 1.62. The van der Waals surface area contributed by atoms with Crippen LogP contribution < -0.4 is 15.4 Å². The van der Waals surface area contributed by atoms with Gasteiger partial charge < -0.3 is 15.4 Å². The number of benzene rings is 2. The lowest BCUT2D eigenvalue weighted by Gasteiger charge is -2.08. The molecule has 2 aromatic heterocycles. The number of aromatic nitrogens is 3. The van der Waals surface area contributed by atoms with Gasteiger partial charge in [-0.2, -0.15) is 4.98 Å². The lowest BCUT2D eigenvalue weighted by molar-refractivity contribution is -0.114. The van der Waals surface area contributed by atoms with Crippen LogP contribution in [0.1, 0.15) is 13.8 Å². The molecule has 0 aliphatic carbocycles. The molecule has 0 radical (unpaired) electrons. The number of pyridine rings is 1. The summed E-state index contributed by atoms with van der Waals surface area (Å²) in [5.41, 5.74) is 3.47. The van der Waals surface area contributed by atoms with Gasteiger partial charge in [0, 0.05) is 23.9 Å². The second-order valence-corrected chi connectivity index (χ2v) is 6.58. The smallest absolute Gasteiger partial charge is 0.247 e. The van der Waals surface area contributed by atoms with E-state index in [1.54, 1.807) is 28.8 Å².